The van der Waals surface area contributed by atoms with Crippen molar-refractivity contribution in [2.24, 2.45) is 10.9 Å². The van der Waals surface area contributed by atoms with Gasteiger partial charge in [0.2, 0.25) is 10.0 Å². The number of nitrogens with one attached hydrogen (secondary N) is 3. The Morgan fingerprint density at radius 3 is 2.53 bits per heavy atom. The molecule has 1 fully saturated rings. The molecule has 0 atom stereocenters. The summed E-state index contributed by atoms with van der Waals surface area (Å²) in [7, 11) is -3.16. The second-order valence-corrected chi connectivity index (χ2v) is 9.70. The van der Waals surface area contributed by atoms with Gasteiger partial charge in [0.25, 0.3) is 0 Å². The Balaban J connectivity index is 1.80. The van der Waals surface area contributed by atoms with Crippen LogP contribution in [0, 0.1) is 5.92 Å². The van der Waals surface area contributed by atoms with Gasteiger partial charge in [0.1, 0.15) is 5.75 Å². The first-order chi connectivity index (χ1) is 14.3. The fraction of sp³-hybridized carbons (Fsp3) is 0.667. The third-order valence-corrected chi connectivity index (χ3v) is 4.99. The van der Waals surface area contributed by atoms with Crippen molar-refractivity contribution in [3.05, 3.63) is 24.3 Å². The topological polar surface area (TPSA) is 101 Å². The van der Waals surface area contributed by atoms with Crippen molar-refractivity contribution >= 4 is 21.7 Å². The van der Waals surface area contributed by atoms with E-state index in [1.54, 1.807) is 0 Å². The summed E-state index contributed by atoms with van der Waals surface area (Å²) in [6, 6.07) is 7.72. The lowest BCUT2D eigenvalue weighted by Crippen LogP contribution is -2.34. The van der Waals surface area contributed by atoms with Gasteiger partial charge in [0.05, 0.1) is 12.4 Å². The Bertz CT molecular complexity index is 747. The summed E-state index contributed by atoms with van der Waals surface area (Å²) >= 11 is 0. The van der Waals surface area contributed by atoms with Gasteiger partial charge in [-0.2, -0.15) is 0 Å². The van der Waals surface area contributed by atoms with Crippen LogP contribution in [0.25, 0.3) is 0 Å². The number of guanidine groups is 1. The van der Waals surface area contributed by atoms with E-state index in [0.29, 0.717) is 38.6 Å². The highest BCUT2D eigenvalue weighted by molar-refractivity contribution is 7.88. The lowest BCUT2D eigenvalue weighted by atomic mass is 10.3. The van der Waals surface area contributed by atoms with E-state index in [0.717, 1.165) is 36.6 Å². The van der Waals surface area contributed by atoms with Gasteiger partial charge in [-0.15, -0.1) is 0 Å². The van der Waals surface area contributed by atoms with Crippen LogP contribution in [-0.4, -0.2) is 59.6 Å². The Labute approximate surface area is 180 Å². The highest BCUT2D eigenvalue weighted by atomic mass is 32.2. The SMILES string of the molecule is CC(C)Oc1ccc(NC(=NCCCOCC2CC2)NCCCNS(C)(=O)=O)cc1. The normalized spacial score (nSPS) is 14.7. The minimum absolute atomic E-state index is 0.130. The van der Waals surface area contributed by atoms with Crippen molar-refractivity contribution < 1.29 is 17.9 Å². The van der Waals surface area contributed by atoms with Crippen LogP contribution in [0.15, 0.2) is 29.3 Å². The number of ether oxygens (including phenoxy) is 2. The number of anilines is 1. The lowest BCUT2D eigenvalue weighted by molar-refractivity contribution is 0.123. The molecule has 0 heterocycles. The maximum Gasteiger partial charge on any atom is 0.208 e. The quantitative estimate of drug-likeness (QED) is 0.234. The first kappa shape index (κ1) is 24.4. The molecule has 2 rings (SSSR count). The molecule has 0 aliphatic heterocycles. The van der Waals surface area contributed by atoms with Gasteiger partial charge < -0.3 is 20.1 Å². The average molecular weight is 441 g/mol. The maximum absolute atomic E-state index is 11.1. The molecule has 3 N–H and O–H groups in total. The van der Waals surface area contributed by atoms with Crippen molar-refractivity contribution in [3.8, 4) is 5.75 Å². The molecule has 0 bridgehead atoms. The summed E-state index contributed by atoms with van der Waals surface area (Å²) < 4.78 is 36.1. The van der Waals surface area contributed by atoms with E-state index in [1.807, 2.05) is 38.1 Å². The van der Waals surface area contributed by atoms with Crippen LogP contribution in [0.3, 0.4) is 0 Å². The van der Waals surface area contributed by atoms with E-state index in [-0.39, 0.29) is 6.10 Å². The molecule has 0 amide bonds. The van der Waals surface area contributed by atoms with Crippen molar-refractivity contribution in [1.29, 1.82) is 0 Å². The van der Waals surface area contributed by atoms with Crippen LogP contribution in [0.2, 0.25) is 0 Å². The third kappa shape index (κ3) is 12.0. The highest BCUT2D eigenvalue weighted by Gasteiger charge is 2.20. The number of hydrogen-bond donors (Lipinski definition) is 3. The Hall–Kier alpha value is -1.84. The first-order valence-corrected chi connectivity index (χ1v) is 12.6. The summed E-state index contributed by atoms with van der Waals surface area (Å²) in [5.74, 6) is 2.26. The molecule has 30 heavy (non-hydrogen) atoms. The fourth-order valence-corrected chi connectivity index (χ4v) is 3.13. The number of nitrogens with zero attached hydrogens (tertiary/aromatic N) is 1. The largest absolute Gasteiger partial charge is 0.491 e. The zero-order valence-electron chi connectivity index (χ0n) is 18.3. The van der Waals surface area contributed by atoms with Crippen molar-refractivity contribution in [2.75, 3.05) is 44.4 Å². The Morgan fingerprint density at radius 1 is 1.17 bits per heavy atom. The molecule has 9 heteroatoms. The molecular weight excluding hydrogens is 404 g/mol. The van der Waals surface area contributed by atoms with Gasteiger partial charge in [0.15, 0.2) is 5.96 Å². The Morgan fingerprint density at radius 2 is 1.90 bits per heavy atom. The Kier molecular flexibility index (Phi) is 10.4. The number of aliphatic imine (C=N–C) groups is 1. The van der Waals surface area contributed by atoms with Crippen molar-refractivity contribution in [1.82, 2.24) is 10.0 Å². The predicted octanol–water partition coefficient (Wildman–Crippen LogP) is 2.59. The van der Waals surface area contributed by atoms with Gasteiger partial charge in [-0.3, -0.25) is 4.99 Å². The second kappa shape index (κ2) is 12.8. The standard InChI is InChI=1S/C21H36N4O4S/c1-17(2)29-20-10-8-19(9-11-20)25-21(22-12-4-14-24-30(3,26)27)23-13-5-15-28-16-18-6-7-18/h8-11,17-18,24H,4-7,12-16H2,1-3H3,(H2,22,23,25). The summed E-state index contributed by atoms with van der Waals surface area (Å²) in [5, 5.41) is 6.54. The van der Waals surface area contributed by atoms with Crippen molar-refractivity contribution in [3.63, 3.8) is 0 Å². The fourth-order valence-electron chi connectivity index (χ4n) is 2.61. The van der Waals surface area contributed by atoms with E-state index in [9.17, 15) is 8.42 Å². The van der Waals surface area contributed by atoms with E-state index in [2.05, 4.69) is 20.3 Å². The minimum Gasteiger partial charge on any atom is -0.491 e. The number of sulfonamides is 1. The average Bonchev–Trinajstić information content (AvgIpc) is 3.48. The van der Waals surface area contributed by atoms with E-state index in [4.69, 9.17) is 9.47 Å². The molecule has 1 aromatic carbocycles. The van der Waals surface area contributed by atoms with Crippen LogP contribution in [0.5, 0.6) is 5.75 Å². The molecule has 0 aromatic heterocycles. The van der Waals surface area contributed by atoms with Gasteiger partial charge in [-0.05, 0) is 69.7 Å². The van der Waals surface area contributed by atoms with Crippen LogP contribution in [0.1, 0.15) is 39.5 Å². The summed E-state index contributed by atoms with van der Waals surface area (Å²) in [6.45, 7) is 7.20. The summed E-state index contributed by atoms with van der Waals surface area (Å²) in [6.07, 6.45) is 5.39. The molecule has 0 spiro atoms. The van der Waals surface area contributed by atoms with E-state index in [1.165, 1.54) is 12.8 Å². The summed E-state index contributed by atoms with van der Waals surface area (Å²) in [5.41, 5.74) is 0.900. The molecule has 1 aliphatic rings. The smallest absolute Gasteiger partial charge is 0.208 e. The molecule has 1 saturated carbocycles. The van der Waals surface area contributed by atoms with Crippen LogP contribution in [0.4, 0.5) is 5.69 Å². The van der Waals surface area contributed by atoms with Crippen molar-refractivity contribution in [2.45, 2.75) is 45.6 Å². The zero-order valence-corrected chi connectivity index (χ0v) is 19.1. The van der Waals surface area contributed by atoms with Crippen LogP contribution >= 0.6 is 0 Å². The first-order valence-electron chi connectivity index (χ1n) is 10.7. The number of benzene rings is 1. The molecular formula is C21H36N4O4S. The number of rotatable bonds is 14. The van der Waals surface area contributed by atoms with E-state index >= 15 is 0 Å². The van der Waals surface area contributed by atoms with Crippen LogP contribution < -0.4 is 20.1 Å². The maximum atomic E-state index is 11.1. The monoisotopic (exact) mass is 440 g/mol. The molecule has 1 aromatic rings. The second-order valence-electron chi connectivity index (χ2n) is 7.86. The summed E-state index contributed by atoms with van der Waals surface area (Å²) in [4.78, 5) is 4.61. The number of hydrogen-bond acceptors (Lipinski definition) is 5. The lowest BCUT2D eigenvalue weighted by Gasteiger charge is -2.14. The van der Waals surface area contributed by atoms with Gasteiger partial charge >= 0.3 is 0 Å². The molecule has 0 radical (unpaired) electrons. The minimum atomic E-state index is -3.16. The molecule has 0 saturated heterocycles. The van der Waals surface area contributed by atoms with Crippen LogP contribution in [-0.2, 0) is 14.8 Å². The van der Waals surface area contributed by atoms with Gasteiger partial charge in [0, 0.05) is 38.5 Å². The third-order valence-electron chi connectivity index (χ3n) is 4.27. The zero-order chi connectivity index (χ0) is 21.8. The van der Waals surface area contributed by atoms with Gasteiger partial charge in [-0.25, -0.2) is 13.1 Å². The molecule has 0 unspecified atom stereocenters. The molecule has 170 valence electrons. The predicted molar refractivity (Wildman–Crippen MR) is 122 cm³/mol. The molecule has 8 nitrogen and oxygen atoms in total. The van der Waals surface area contributed by atoms with Gasteiger partial charge in [-0.1, -0.05) is 0 Å². The van der Waals surface area contributed by atoms with E-state index < -0.39 is 10.0 Å². The molecule has 1 aliphatic carbocycles. The highest BCUT2D eigenvalue weighted by Crippen LogP contribution is 2.28.